The molecule has 2 aliphatic heterocycles. The Kier molecular flexibility index (Phi) is 4.95. The number of aliphatic imine (C=N–C) groups is 1. The molecule has 2 aromatic carbocycles. The average molecular weight is 545 g/mol. The van der Waals surface area contributed by atoms with Crippen LogP contribution in [0.15, 0.2) is 59.7 Å². The molecule has 39 heavy (non-hydrogen) atoms. The van der Waals surface area contributed by atoms with Crippen molar-refractivity contribution in [3.8, 4) is 17.2 Å². The Labute approximate surface area is 215 Å². The Balaban J connectivity index is 1.10. The van der Waals surface area contributed by atoms with Gasteiger partial charge in [-0.15, -0.1) is 0 Å². The van der Waals surface area contributed by atoms with Crippen molar-refractivity contribution >= 4 is 16.9 Å². The molecule has 0 spiro atoms. The standard InChI is InChI=1S/C26H17F6N5O2/c27-25(28,29)11-1-3-15-16(7-11)36-24(35-15)21-20-14-8-12(2-4-18(14)39-22(20)21)38-13-5-6-33-17(9-13)23-34-10-19(37-23)26(30,31)32/h1-9,19-22H,10H2,(H,34,37)(H,35,36). The first-order valence-corrected chi connectivity index (χ1v) is 11.9. The van der Waals surface area contributed by atoms with Crippen molar-refractivity contribution in [2.24, 2.45) is 4.99 Å². The van der Waals surface area contributed by atoms with Crippen LogP contribution < -0.4 is 14.8 Å². The summed E-state index contributed by atoms with van der Waals surface area (Å²) in [6, 6.07) is 9.94. The predicted molar refractivity (Wildman–Crippen MR) is 126 cm³/mol. The first-order chi connectivity index (χ1) is 18.5. The SMILES string of the molecule is FC(F)(F)c1ccc2nc(C3C4Oc5ccc(Oc6ccnc(C7=NC(C(F)(F)F)CN7)c6)cc5C43)[nH]c2c1. The van der Waals surface area contributed by atoms with E-state index in [1.807, 2.05) is 6.07 Å². The highest BCUT2D eigenvalue weighted by molar-refractivity contribution is 5.98. The van der Waals surface area contributed by atoms with Crippen LogP contribution in [0.2, 0.25) is 0 Å². The van der Waals surface area contributed by atoms with Gasteiger partial charge in [-0.05, 0) is 42.5 Å². The second-order valence-corrected chi connectivity index (χ2v) is 9.58. The molecule has 4 atom stereocenters. The van der Waals surface area contributed by atoms with Gasteiger partial charge in [0.05, 0.1) is 22.5 Å². The molecule has 7 rings (SSSR count). The molecule has 2 aromatic heterocycles. The number of H-pyrrole nitrogens is 1. The summed E-state index contributed by atoms with van der Waals surface area (Å²) >= 11 is 0. The van der Waals surface area contributed by atoms with E-state index in [2.05, 4.69) is 25.3 Å². The number of benzene rings is 2. The van der Waals surface area contributed by atoms with Crippen molar-refractivity contribution in [1.82, 2.24) is 20.3 Å². The maximum absolute atomic E-state index is 13.1. The highest BCUT2D eigenvalue weighted by Crippen LogP contribution is 2.63. The predicted octanol–water partition coefficient (Wildman–Crippen LogP) is 5.69. The molecule has 1 saturated carbocycles. The molecule has 13 heteroatoms. The molecular weight excluding hydrogens is 528 g/mol. The van der Waals surface area contributed by atoms with E-state index < -0.39 is 24.0 Å². The zero-order chi connectivity index (χ0) is 27.1. The van der Waals surface area contributed by atoms with Crippen molar-refractivity contribution in [3.05, 3.63) is 77.4 Å². The van der Waals surface area contributed by atoms with Gasteiger partial charge in [-0.25, -0.2) is 4.98 Å². The van der Waals surface area contributed by atoms with Crippen LogP contribution in [0.25, 0.3) is 11.0 Å². The molecule has 1 fully saturated rings. The van der Waals surface area contributed by atoms with E-state index in [9.17, 15) is 26.3 Å². The highest BCUT2D eigenvalue weighted by Gasteiger charge is 2.61. The van der Waals surface area contributed by atoms with Gasteiger partial charge in [-0.3, -0.25) is 9.98 Å². The lowest BCUT2D eigenvalue weighted by molar-refractivity contribution is -0.143. The van der Waals surface area contributed by atoms with Crippen LogP contribution >= 0.6 is 0 Å². The number of nitrogens with one attached hydrogen (secondary N) is 2. The fourth-order valence-corrected chi connectivity index (χ4v) is 5.12. The van der Waals surface area contributed by atoms with Gasteiger partial charge in [0.2, 0.25) is 0 Å². The van der Waals surface area contributed by atoms with Gasteiger partial charge in [0, 0.05) is 30.3 Å². The second-order valence-electron chi connectivity index (χ2n) is 9.58. The Morgan fingerprint density at radius 2 is 1.74 bits per heavy atom. The number of fused-ring (bicyclic) bond motifs is 4. The molecule has 4 aromatic rings. The number of alkyl halides is 6. The van der Waals surface area contributed by atoms with Crippen LogP contribution in [0, 0.1) is 0 Å². The Hall–Kier alpha value is -4.29. The number of rotatable bonds is 4. The van der Waals surface area contributed by atoms with E-state index >= 15 is 0 Å². The number of hydrogen-bond acceptors (Lipinski definition) is 6. The normalized spacial score (nSPS) is 23.6. The van der Waals surface area contributed by atoms with Crippen LogP contribution in [0.4, 0.5) is 26.3 Å². The molecule has 3 aliphatic rings. The Morgan fingerprint density at radius 1 is 0.923 bits per heavy atom. The van der Waals surface area contributed by atoms with E-state index in [0.29, 0.717) is 34.1 Å². The maximum atomic E-state index is 13.1. The number of ether oxygens (including phenoxy) is 2. The van der Waals surface area contributed by atoms with Gasteiger partial charge in [0.15, 0.2) is 6.04 Å². The molecule has 0 radical (unpaired) electrons. The van der Waals surface area contributed by atoms with Crippen molar-refractivity contribution < 1.29 is 35.8 Å². The third-order valence-electron chi connectivity index (χ3n) is 7.04. The highest BCUT2D eigenvalue weighted by atomic mass is 19.4. The van der Waals surface area contributed by atoms with Crippen molar-refractivity contribution in [2.45, 2.75) is 36.3 Å². The van der Waals surface area contributed by atoms with Gasteiger partial charge in [-0.2, -0.15) is 26.3 Å². The second kappa shape index (κ2) is 8.10. The fourth-order valence-electron chi connectivity index (χ4n) is 5.12. The topological polar surface area (TPSA) is 84.4 Å². The molecular formula is C26H17F6N5O2. The third-order valence-corrected chi connectivity index (χ3v) is 7.04. The number of hydrogen-bond donors (Lipinski definition) is 2. The lowest BCUT2D eigenvalue weighted by atomic mass is 10.1. The zero-order valence-corrected chi connectivity index (χ0v) is 19.6. The first kappa shape index (κ1) is 23.8. The lowest BCUT2D eigenvalue weighted by Crippen LogP contribution is -2.31. The van der Waals surface area contributed by atoms with Gasteiger partial charge in [-0.1, -0.05) is 0 Å². The molecule has 200 valence electrons. The minimum atomic E-state index is -4.45. The summed E-state index contributed by atoms with van der Waals surface area (Å²) in [5, 5.41) is 2.64. The monoisotopic (exact) mass is 545 g/mol. The summed E-state index contributed by atoms with van der Waals surface area (Å²) in [6.07, 6.45) is -7.66. The number of aromatic amines is 1. The molecule has 0 amide bonds. The summed E-state index contributed by atoms with van der Waals surface area (Å²) in [4.78, 5) is 15.3. The van der Waals surface area contributed by atoms with Gasteiger partial charge >= 0.3 is 12.4 Å². The minimum absolute atomic E-state index is 0.0435. The van der Waals surface area contributed by atoms with E-state index in [4.69, 9.17) is 9.47 Å². The molecule has 0 bridgehead atoms. The number of pyridine rings is 1. The van der Waals surface area contributed by atoms with E-state index in [0.717, 1.165) is 17.7 Å². The first-order valence-electron chi connectivity index (χ1n) is 11.9. The molecule has 7 nitrogen and oxygen atoms in total. The van der Waals surface area contributed by atoms with Crippen LogP contribution in [-0.4, -0.2) is 45.7 Å². The number of nitrogens with zero attached hydrogens (tertiary/aromatic N) is 3. The largest absolute Gasteiger partial charge is 0.489 e. The Morgan fingerprint density at radius 3 is 2.51 bits per heavy atom. The quantitative estimate of drug-likeness (QED) is 0.322. The van der Waals surface area contributed by atoms with Crippen LogP contribution in [-0.2, 0) is 6.18 Å². The summed E-state index contributed by atoms with van der Waals surface area (Å²) in [7, 11) is 0. The third kappa shape index (κ3) is 4.12. The summed E-state index contributed by atoms with van der Waals surface area (Å²) < 4.78 is 90.1. The summed E-state index contributed by atoms with van der Waals surface area (Å²) in [6.45, 7) is -0.352. The fraction of sp³-hybridized carbons (Fsp3) is 0.269. The number of halogens is 6. The molecule has 2 N–H and O–H groups in total. The zero-order valence-electron chi connectivity index (χ0n) is 19.6. The number of imidazole rings is 1. The summed E-state index contributed by atoms with van der Waals surface area (Å²) in [5.41, 5.74) is 1.10. The molecule has 4 heterocycles. The van der Waals surface area contributed by atoms with Crippen LogP contribution in [0.1, 0.15) is 34.5 Å². The van der Waals surface area contributed by atoms with Gasteiger partial charge in [0.25, 0.3) is 0 Å². The maximum Gasteiger partial charge on any atom is 0.416 e. The summed E-state index contributed by atoms with van der Waals surface area (Å²) in [5.74, 6) is 1.93. The number of aromatic nitrogens is 3. The van der Waals surface area contributed by atoms with E-state index in [1.165, 1.54) is 18.3 Å². The van der Waals surface area contributed by atoms with Crippen molar-refractivity contribution in [1.29, 1.82) is 0 Å². The Bertz CT molecular complexity index is 1650. The van der Waals surface area contributed by atoms with Crippen molar-refractivity contribution in [3.63, 3.8) is 0 Å². The lowest BCUT2D eigenvalue weighted by Gasteiger charge is -2.11. The minimum Gasteiger partial charge on any atom is -0.489 e. The van der Waals surface area contributed by atoms with Crippen LogP contribution in [0.5, 0.6) is 17.2 Å². The number of amidine groups is 1. The molecule has 0 saturated heterocycles. The average Bonchev–Trinajstić information content (AvgIpc) is 3.28. The van der Waals surface area contributed by atoms with E-state index in [1.54, 1.807) is 18.2 Å². The van der Waals surface area contributed by atoms with Gasteiger partial charge in [0.1, 0.15) is 40.7 Å². The van der Waals surface area contributed by atoms with Crippen molar-refractivity contribution in [2.75, 3.05) is 6.54 Å². The smallest absolute Gasteiger partial charge is 0.416 e. The van der Waals surface area contributed by atoms with Crippen LogP contribution in [0.3, 0.4) is 0 Å². The van der Waals surface area contributed by atoms with E-state index in [-0.39, 0.29) is 36.0 Å². The molecule has 1 aliphatic carbocycles. The molecule has 4 unspecified atom stereocenters. The van der Waals surface area contributed by atoms with Gasteiger partial charge < -0.3 is 19.8 Å².